The third kappa shape index (κ3) is 5.88. The van der Waals surface area contributed by atoms with Gasteiger partial charge in [0.25, 0.3) is 0 Å². The van der Waals surface area contributed by atoms with E-state index in [0.717, 1.165) is 87.3 Å². The Balaban J connectivity index is 1.60. The second-order valence-electron chi connectivity index (χ2n) is 7.16. The number of rotatable bonds is 9. The number of hydrogen-bond acceptors (Lipinski definition) is 8. The van der Waals surface area contributed by atoms with Crippen molar-refractivity contribution in [3.63, 3.8) is 0 Å². The van der Waals surface area contributed by atoms with Crippen molar-refractivity contribution in [2.45, 2.75) is 40.2 Å². The summed E-state index contributed by atoms with van der Waals surface area (Å²) in [5.74, 6) is 3.59. The van der Waals surface area contributed by atoms with Crippen molar-refractivity contribution in [3.05, 3.63) is 17.5 Å². The van der Waals surface area contributed by atoms with Crippen LogP contribution in [0.2, 0.25) is 0 Å². The fraction of sp³-hybridized carbons (Fsp3) is 0.737. The molecule has 0 spiro atoms. The first-order valence-corrected chi connectivity index (χ1v) is 11.4. The number of ether oxygens (including phenoxy) is 1. The lowest BCUT2D eigenvalue weighted by Crippen LogP contribution is -2.52. The lowest BCUT2D eigenvalue weighted by Gasteiger charge is -2.36. The molecule has 0 aliphatic carbocycles. The Morgan fingerprint density at radius 3 is 2.63 bits per heavy atom. The van der Waals surface area contributed by atoms with Gasteiger partial charge in [-0.05, 0) is 20.3 Å². The van der Waals surface area contributed by atoms with Crippen LogP contribution in [0.25, 0.3) is 0 Å². The third-order valence-electron chi connectivity index (χ3n) is 5.13. The maximum atomic E-state index is 5.45. The van der Waals surface area contributed by atoms with E-state index < -0.39 is 0 Å². The number of guanidine groups is 1. The van der Waals surface area contributed by atoms with Crippen molar-refractivity contribution < 1.29 is 4.74 Å². The van der Waals surface area contributed by atoms with E-state index in [9.17, 15) is 0 Å². The molecule has 2 aromatic rings. The molecule has 1 aliphatic heterocycles. The maximum absolute atomic E-state index is 5.45. The average Bonchev–Trinajstić information content (AvgIpc) is 3.38. The number of hydrogen-bond donors (Lipinski definition) is 1. The molecule has 1 fully saturated rings. The number of aliphatic imine (C=N–C) groups is 1. The summed E-state index contributed by atoms with van der Waals surface area (Å²) in [5.41, 5.74) is 0. The average molecular weight is 436 g/mol. The minimum atomic E-state index is 0.502. The molecule has 0 aromatic carbocycles. The predicted octanol–water partition coefficient (Wildman–Crippen LogP) is 1.23. The largest absolute Gasteiger partial charge is 0.382 e. The van der Waals surface area contributed by atoms with E-state index >= 15 is 0 Å². The third-order valence-corrected chi connectivity index (χ3v) is 5.94. The number of piperazine rings is 1. The van der Waals surface area contributed by atoms with Crippen molar-refractivity contribution in [1.82, 2.24) is 34.3 Å². The van der Waals surface area contributed by atoms with Crippen LogP contribution in [0.3, 0.4) is 0 Å². The van der Waals surface area contributed by atoms with Gasteiger partial charge in [-0.2, -0.15) is 4.37 Å². The fourth-order valence-electron chi connectivity index (χ4n) is 3.15. The molecule has 1 N–H and O–H groups in total. The highest BCUT2D eigenvalue weighted by Gasteiger charge is 2.22. The van der Waals surface area contributed by atoms with Gasteiger partial charge < -0.3 is 24.4 Å². The van der Waals surface area contributed by atoms with E-state index in [1.54, 1.807) is 0 Å². The Bertz CT molecular complexity index is 811. The first-order chi connectivity index (χ1) is 14.6. The summed E-state index contributed by atoms with van der Waals surface area (Å²) in [6.07, 6.45) is 1.82. The standard InChI is InChI=1S/C19H33N9OS/c1-5-16-22-19(30-25-16)28-11-9-27(10-12-28)18(20-8-7-13-29-6-2)21-14-17-24-23-15(3)26(17)4/h5-14H2,1-4H3,(H,20,21). The van der Waals surface area contributed by atoms with Crippen LogP contribution in [0.4, 0.5) is 5.13 Å². The van der Waals surface area contributed by atoms with Gasteiger partial charge in [-0.1, -0.05) is 6.92 Å². The lowest BCUT2D eigenvalue weighted by atomic mass is 10.3. The summed E-state index contributed by atoms with van der Waals surface area (Å²) in [7, 11) is 1.97. The normalized spacial score (nSPS) is 15.1. The van der Waals surface area contributed by atoms with Gasteiger partial charge in [0.1, 0.15) is 18.2 Å². The van der Waals surface area contributed by atoms with E-state index in [1.807, 2.05) is 25.5 Å². The zero-order chi connectivity index (χ0) is 21.3. The lowest BCUT2D eigenvalue weighted by molar-refractivity contribution is 0.145. The molecular formula is C19H33N9OS. The van der Waals surface area contributed by atoms with Gasteiger partial charge in [-0.25, -0.2) is 9.98 Å². The molecule has 1 saturated heterocycles. The van der Waals surface area contributed by atoms with E-state index in [0.29, 0.717) is 6.54 Å². The predicted molar refractivity (Wildman–Crippen MR) is 119 cm³/mol. The minimum Gasteiger partial charge on any atom is -0.382 e. The van der Waals surface area contributed by atoms with Crippen LogP contribution in [0, 0.1) is 6.92 Å². The van der Waals surface area contributed by atoms with Crippen LogP contribution in [-0.4, -0.2) is 80.9 Å². The van der Waals surface area contributed by atoms with Crippen molar-refractivity contribution >= 4 is 22.6 Å². The maximum Gasteiger partial charge on any atom is 0.205 e. The fourth-order valence-corrected chi connectivity index (χ4v) is 3.95. The molecule has 3 heterocycles. The molecule has 1 aliphatic rings. The van der Waals surface area contributed by atoms with Crippen molar-refractivity contribution in [2.75, 3.05) is 50.8 Å². The molecule has 10 nitrogen and oxygen atoms in total. The van der Waals surface area contributed by atoms with E-state index in [-0.39, 0.29) is 0 Å². The molecule has 30 heavy (non-hydrogen) atoms. The Morgan fingerprint density at radius 2 is 2.00 bits per heavy atom. The molecule has 0 atom stereocenters. The molecule has 11 heteroatoms. The SMILES string of the molecule is CCOCCCNC(=NCc1nnc(C)n1C)N1CCN(c2nc(CC)ns2)CC1. The van der Waals surface area contributed by atoms with Crippen molar-refractivity contribution in [1.29, 1.82) is 0 Å². The molecule has 3 rings (SSSR count). The number of nitrogens with zero attached hydrogens (tertiary/aromatic N) is 8. The first-order valence-electron chi connectivity index (χ1n) is 10.7. The molecule has 2 aromatic heterocycles. The Hall–Kier alpha value is -2.27. The summed E-state index contributed by atoms with van der Waals surface area (Å²) >= 11 is 1.49. The summed E-state index contributed by atoms with van der Waals surface area (Å²) in [5, 5.41) is 12.9. The summed E-state index contributed by atoms with van der Waals surface area (Å²) in [4.78, 5) is 14.1. The number of nitrogens with one attached hydrogen (secondary N) is 1. The van der Waals surface area contributed by atoms with Gasteiger partial charge >= 0.3 is 0 Å². The molecule has 0 saturated carbocycles. The highest BCUT2D eigenvalue weighted by atomic mass is 32.1. The monoisotopic (exact) mass is 435 g/mol. The molecule has 0 unspecified atom stereocenters. The molecule has 0 radical (unpaired) electrons. The summed E-state index contributed by atoms with van der Waals surface area (Å²) in [6.45, 7) is 12.5. The van der Waals surface area contributed by atoms with Crippen molar-refractivity contribution in [3.8, 4) is 0 Å². The van der Waals surface area contributed by atoms with Crippen LogP contribution < -0.4 is 10.2 Å². The van der Waals surface area contributed by atoms with Gasteiger partial charge in [0.05, 0.1) is 0 Å². The Labute approximate surface area is 182 Å². The minimum absolute atomic E-state index is 0.502. The first kappa shape index (κ1) is 22.4. The second kappa shape index (κ2) is 11.2. The van der Waals surface area contributed by atoms with Gasteiger partial charge in [0.15, 0.2) is 11.8 Å². The molecular weight excluding hydrogens is 402 g/mol. The van der Waals surface area contributed by atoms with Gasteiger partial charge in [-0.3, -0.25) is 0 Å². The number of anilines is 1. The Morgan fingerprint density at radius 1 is 1.20 bits per heavy atom. The van der Waals surface area contributed by atoms with Gasteiger partial charge in [-0.15, -0.1) is 10.2 Å². The van der Waals surface area contributed by atoms with Crippen LogP contribution in [-0.2, 0) is 24.8 Å². The van der Waals surface area contributed by atoms with E-state index in [2.05, 4.69) is 41.6 Å². The van der Waals surface area contributed by atoms with E-state index in [4.69, 9.17) is 9.73 Å². The summed E-state index contributed by atoms with van der Waals surface area (Å²) in [6, 6.07) is 0. The molecule has 0 bridgehead atoms. The highest BCUT2D eigenvalue weighted by Crippen LogP contribution is 2.19. The topological polar surface area (TPSA) is 96.6 Å². The van der Waals surface area contributed by atoms with Crippen LogP contribution in [0.5, 0.6) is 0 Å². The Kier molecular flexibility index (Phi) is 8.38. The van der Waals surface area contributed by atoms with Crippen molar-refractivity contribution in [2.24, 2.45) is 12.0 Å². The highest BCUT2D eigenvalue weighted by molar-refractivity contribution is 7.09. The van der Waals surface area contributed by atoms with Gasteiger partial charge in [0.2, 0.25) is 5.13 Å². The van der Waals surface area contributed by atoms with Gasteiger partial charge in [0, 0.05) is 70.9 Å². The number of aromatic nitrogens is 5. The van der Waals surface area contributed by atoms with Crippen LogP contribution in [0.1, 0.15) is 37.7 Å². The zero-order valence-electron chi connectivity index (χ0n) is 18.5. The summed E-state index contributed by atoms with van der Waals surface area (Å²) < 4.78 is 11.8. The van der Waals surface area contributed by atoms with E-state index in [1.165, 1.54) is 11.5 Å². The molecule has 166 valence electrons. The quantitative estimate of drug-likeness (QED) is 0.357. The number of aryl methyl sites for hydroxylation is 2. The molecule has 0 amide bonds. The second-order valence-corrected chi connectivity index (χ2v) is 7.89. The van der Waals surface area contributed by atoms with Crippen LogP contribution >= 0.6 is 11.5 Å². The van der Waals surface area contributed by atoms with Crippen LogP contribution in [0.15, 0.2) is 4.99 Å². The smallest absolute Gasteiger partial charge is 0.205 e. The zero-order valence-corrected chi connectivity index (χ0v) is 19.3.